The van der Waals surface area contributed by atoms with Crippen LogP contribution in [0.2, 0.25) is 0 Å². The lowest BCUT2D eigenvalue weighted by molar-refractivity contribution is -0.153. The first-order valence-corrected chi connectivity index (χ1v) is 7.38. The summed E-state index contributed by atoms with van der Waals surface area (Å²) in [6, 6.07) is 7.03. The van der Waals surface area contributed by atoms with Crippen molar-refractivity contribution in [1.29, 1.82) is 0 Å². The van der Waals surface area contributed by atoms with Gasteiger partial charge in [0.25, 0.3) is 0 Å². The average Bonchev–Trinajstić information content (AvgIpc) is 2.91. The molecule has 1 aromatic carbocycles. The molecule has 5 nitrogen and oxygen atoms in total. The van der Waals surface area contributed by atoms with Crippen LogP contribution < -0.4 is 5.32 Å². The van der Waals surface area contributed by atoms with Crippen LogP contribution >= 0.6 is 0 Å². The lowest BCUT2D eigenvalue weighted by atomic mass is 9.90. The summed E-state index contributed by atoms with van der Waals surface area (Å²) in [5, 5.41) is 12.7. The fourth-order valence-corrected chi connectivity index (χ4v) is 3.33. The van der Waals surface area contributed by atoms with E-state index in [1.807, 2.05) is 31.2 Å². The van der Waals surface area contributed by atoms with E-state index in [4.69, 9.17) is 0 Å². The molecule has 0 aliphatic carbocycles. The standard InChI is InChI=1S/C16H20N2O3/c1-10-7-17-8-13(10)15(19)18-9-12-5-3-2-4-11(12)6-14(18)16(20)21/h2-5,10,13-14,17H,6-9H2,1H3,(H,20,21)/t10?,13?,14-/m1/s1. The van der Waals surface area contributed by atoms with E-state index in [9.17, 15) is 14.7 Å². The van der Waals surface area contributed by atoms with Gasteiger partial charge in [0.15, 0.2) is 0 Å². The van der Waals surface area contributed by atoms with Crippen molar-refractivity contribution in [3.8, 4) is 0 Å². The third-order valence-corrected chi connectivity index (χ3v) is 4.65. The number of benzene rings is 1. The number of rotatable bonds is 2. The second-order valence-electron chi connectivity index (χ2n) is 6.04. The molecule has 5 heteroatoms. The van der Waals surface area contributed by atoms with Crippen molar-refractivity contribution in [2.75, 3.05) is 13.1 Å². The predicted molar refractivity (Wildman–Crippen MR) is 77.6 cm³/mol. The van der Waals surface area contributed by atoms with Crippen molar-refractivity contribution in [3.63, 3.8) is 0 Å². The zero-order chi connectivity index (χ0) is 15.0. The molecule has 2 N–H and O–H groups in total. The largest absolute Gasteiger partial charge is 0.480 e. The number of nitrogens with one attached hydrogen (secondary N) is 1. The molecule has 21 heavy (non-hydrogen) atoms. The van der Waals surface area contributed by atoms with Crippen LogP contribution in [0.4, 0.5) is 0 Å². The van der Waals surface area contributed by atoms with Gasteiger partial charge in [-0.25, -0.2) is 4.79 Å². The average molecular weight is 288 g/mol. The van der Waals surface area contributed by atoms with Crippen LogP contribution in [0.3, 0.4) is 0 Å². The number of carboxylic acid groups (broad SMARTS) is 1. The number of hydrogen-bond acceptors (Lipinski definition) is 3. The molecule has 3 rings (SSSR count). The van der Waals surface area contributed by atoms with E-state index in [1.165, 1.54) is 0 Å². The van der Waals surface area contributed by atoms with Crippen LogP contribution in [0, 0.1) is 11.8 Å². The maximum atomic E-state index is 12.8. The first-order chi connectivity index (χ1) is 10.1. The highest BCUT2D eigenvalue weighted by molar-refractivity contribution is 5.86. The summed E-state index contributed by atoms with van der Waals surface area (Å²) in [5.41, 5.74) is 2.09. The molecule has 1 amide bonds. The highest BCUT2D eigenvalue weighted by atomic mass is 16.4. The Balaban J connectivity index is 1.89. The predicted octanol–water partition coefficient (Wildman–Crippen LogP) is 0.880. The topological polar surface area (TPSA) is 69.6 Å². The Hall–Kier alpha value is -1.88. The Morgan fingerprint density at radius 3 is 2.57 bits per heavy atom. The second-order valence-corrected chi connectivity index (χ2v) is 6.04. The van der Waals surface area contributed by atoms with Gasteiger partial charge < -0.3 is 15.3 Å². The van der Waals surface area contributed by atoms with E-state index < -0.39 is 12.0 Å². The number of carbonyl (C=O) groups is 2. The zero-order valence-electron chi connectivity index (χ0n) is 12.1. The van der Waals surface area contributed by atoms with E-state index >= 15 is 0 Å². The Morgan fingerprint density at radius 2 is 1.95 bits per heavy atom. The molecular formula is C16H20N2O3. The van der Waals surface area contributed by atoms with Crippen molar-refractivity contribution in [2.45, 2.75) is 25.9 Å². The molecule has 1 saturated heterocycles. The van der Waals surface area contributed by atoms with Crippen LogP contribution in [0.5, 0.6) is 0 Å². The monoisotopic (exact) mass is 288 g/mol. The van der Waals surface area contributed by atoms with Gasteiger partial charge in [-0.2, -0.15) is 0 Å². The SMILES string of the molecule is CC1CNCC1C(=O)N1Cc2ccccc2C[C@@H]1C(=O)O. The van der Waals surface area contributed by atoms with Gasteiger partial charge in [-0.05, 0) is 23.6 Å². The number of carbonyl (C=O) groups excluding carboxylic acids is 1. The first-order valence-electron chi connectivity index (χ1n) is 7.38. The van der Waals surface area contributed by atoms with Crippen LogP contribution in [0.1, 0.15) is 18.1 Å². The molecule has 0 radical (unpaired) electrons. The maximum absolute atomic E-state index is 12.8. The number of aliphatic carboxylic acids is 1. The molecule has 0 bridgehead atoms. The molecule has 2 aliphatic heterocycles. The molecule has 1 fully saturated rings. The highest BCUT2D eigenvalue weighted by Gasteiger charge is 2.40. The van der Waals surface area contributed by atoms with E-state index in [1.54, 1.807) is 4.90 Å². The Bertz CT molecular complexity index is 572. The van der Waals surface area contributed by atoms with Crippen LogP contribution in [0.25, 0.3) is 0 Å². The minimum Gasteiger partial charge on any atom is -0.480 e. The van der Waals surface area contributed by atoms with Gasteiger partial charge in [-0.3, -0.25) is 4.79 Å². The fourth-order valence-electron chi connectivity index (χ4n) is 3.33. The fraction of sp³-hybridized carbons (Fsp3) is 0.500. The summed E-state index contributed by atoms with van der Waals surface area (Å²) in [5.74, 6) is -0.813. The summed E-state index contributed by atoms with van der Waals surface area (Å²) >= 11 is 0. The summed E-state index contributed by atoms with van der Waals surface area (Å²) in [4.78, 5) is 25.9. The summed E-state index contributed by atoms with van der Waals surface area (Å²) in [6.45, 7) is 3.90. The van der Waals surface area contributed by atoms with Gasteiger partial charge in [-0.15, -0.1) is 0 Å². The van der Waals surface area contributed by atoms with Gasteiger partial charge in [0, 0.05) is 19.5 Å². The number of fused-ring (bicyclic) bond motifs is 1. The van der Waals surface area contributed by atoms with Crippen LogP contribution in [-0.2, 0) is 22.6 Å². The number of nitrogens with zero attached hydrogens (tertiary/aromatic N) is 1. The summed E-state index contributed by atoms with van der Waals surface area (Å²) < 4.78 is 0. The van der Waals surface area contributed by atoms with Gasteiger partial charge in [0.2, 0.25) is 5.91 Å². The van der Waals surface area contributed by atoms with E-state index in [-0.39, 0.29) is 17.7 Å². The normalized spacial score (nSPS) is 28.2. The zero-order valence-corrected chi connectivity index (χ0v) is 12.1. The highest BCUT2D eigenvalue weighted by Crippen LogP contribution is 2.27. The Labute approximate surface area is 123 Å². The van der Waals surface area contributed by atoms with Crippen molar-refractivity contribution in [1.82, 2.24) is 10.2 Å². The third-order valence-electron chi connectivity index (χ3n) is 4.65. The van der Waals surface area contributed by atoms with Gasteiger partial charge in [0.1, 0.15) is 6.04 Å². The molecule has 2 unspecified atom stereocenters. The molecule has 0 saturated carbocycles. The molecular weight excluding hydrogens is 268 g/mol. The number of carboxylic acids is 1. The van der Waals surface area contributed by atoms with Crippen molar-refractivity contribution >= 4 is 11.9 Å². The van der Waals surface area contributed by atoms with Crippen molar-refractivity contribution in [2.24, 2.45) is 11.8 Å². The number of amides is 1. The lowest BCUT2D eigenvalue weighted by Gasteiger charge is -2.36. The molecule has 3 atom stereocenters. The summed E-state index contributed by atoms with van der Waals surface area (Å²) in [7, 11) is 0. The van der Waals surface area contributed by atoms with E-state index in [0.717, 1.165) is 17.7 Å². The van der Waals surface area contributed by atoms with Crippen LogP contribution in [-0.4, -0.2) is 41.0 Å². The Kier molecular flexibility index (Phi) is 3.68. The lowest BCUT2D eigenvalue weighted by Crippen LogP contribution is -2.51. The molecule has 0 spiro atoms. The van der Waals surface area contributed by atoms with Gasteiger partial charge >= 0.3 is 5.97 Å². The smallest absolute Gasteiger partial charge is 0.326 e. The van der Waals surface area contributed by atoms with Crippen molar-refractivity contribution < 1.29 is 14.7 Å². The van der Waals surface area contributed by atoms with E-state index in [0.29, 0.717) is 19.5 Å². The Morgan fingerprint density at radius 1 is 1.24 bits per heavy atom. The molecule has 2 aliphatic rings. The van der Waals surface area contributed by atoms with Crippen LogP contribution in [0.15, 0.2) is 24.3 Å². The van der Waals surface area contributed by atoms with Crippen molar-refractivity contribution in [3.05, 3.63) is 35.4 Å². The minimum atomic E-state index is -0.920. The second kappa shape index (κ2) is 5.48. The quantitative estimate of drug-likeness (QED) is 0.847. The van der Waals surface area contributed by atoms with Gasteiger partial charge in [0.05, 0.1) is 5.92 Å². The van der Waals surface area contributed by atoms with E-state index in [2.05, 4.69) is 5.32 Å². The maximum Gasteiger partial charge on any atom is 0.326 e. The third kappa shape index (κ3) is 2.53. The first kappa shape index (κ1) is 14.1. The summed E-state index contributed by atoms with van der Waals surface area (Å²) in [6.07, 6.45) is 0.395. The molecule has 112 valence electrons. The molecule has 0 aromatic heterocycles. The molecule has 1 aromatic rings. The minimum absolute atomic E-state index is 0.0330. The molecule has 2 heterocycles. The number of hydrogen-bond donors (Lipinski definition) is 2. The van der Waals surface area contributed by atoms with Gasteiger partial charge in [-0.1, -0.05) is 31.2 Å².